The minimum Gasteiger partial charge on any atom is -0.494 e. The number of aromatic nitrogens is 1. The number of benzene rings is 3. The van der Waals surface area contributed by atoms with Crippen LogP contribution in [0, 0.1) is 0 Å². The number of aromatic amines is 1. The molecule has 0 atom stereocenters. The second kappa shape index (κ2) is 6.94. The van der Waals surface area contributed by atoms with Gasteiger partial charge in [-0.3, -0.25) is 4.99 Å². The Kier molecular flexibility index (Phi) is 4.33. The van der Waals surface area contributed by atoms with Gasteiger partial charge in [0.25, 0.3) is 0 Å². The van der Waals surface area contributed by atoms with Crippen molar-refractivity contribution in [2.45, 2.75) is 0 Å². The van der Waals surface area contributed by atoms with E-state index in [1.807, 2.05) is 60.7 Å². The van der Waals surface area contributed by atoms with Crippen LogP contribution in [0.15, 0.2) is 77.8 Å². The van der Waals surface area contributed by atoms with Crippen molar-refractivity contribution in [2.75, 3.05) is 0 Å². The maximum atomic E-state index is 10.1. The Bertz CT molecular complexity index is 1070. The summed E-state index contributed by atoms with van der Waals surface area (Å²) in [5.74, 6) is 1.58. The van der Waals surface area contributed by atoms with Crippen molar-refractivity contribution in [3.63, 3.8) is 0 Å². The number of hydrogen-bond acceptors (Lipinski definition) is 3. The first-order valence-electron chi connectivity index (χ1n) is 8.06. The van der Waals surface area contributed by atoms with E-state index in [1.54, 1.807) is 18.3 Å². The first-order chi connectivity index (χ1) is 12.7. The Morgan fingerprint density at radius 1 is 0.923 bits per heavy atom. The fourth-order valence-electron chi connectivity index (χ4n) is 2.67. The highest BCUT2D eigenvalue weighted by molar-refractivity contribution is 6.31. The predicted octanol–water partition coefficient (Wildman–Crippen LogP) is 6.07. The molecule has 0 amide bonds. The lowest BCUT2D eigenvalue weighted by Crippen LogP contribution is -1.83. The number of aromatic hydroxyl groups is 1. The van der Waals surface area contributed by atoms with E-state index in [9.17, 15) is 5.11 Å². The molecule has 3 aromatic carbocycles. The van der Waals surface area contributed by atoms with E-state index in [-0.39, 0.29) is 5.88 Å². The van der Waals surface area contributed by atoms with Gasteiger partial charge in [0.15, 0.2) is 5.88 Å². The molecule has 4 rings (SSSR count). The average Bonchev–Trinajstić information content (AvgIpc) is 2.96. The number of halogens is 1. The first-order valence-corrected chi connectivity index (χ1v) is 8.44. The zero-order chi connectivity index (χ0) is 17.9. The molecule has 0 bridgehead atoms. The van der Waals surface area contributed by atoms with Crippen molar-refractivity contribution >= 4 is 34.4 Å². The van der Waals surface area contributed by atoms with Crippen molar-refractivity contribution in [1.29, 1.82) is 0 Å². The largest absolute Gasteiger partial charge is 0.494 e. The number of ether oxygens (including phenoxy) is 1. The third-order valence-electron chi connectivity index (χ3n) is 3.94. The summed E-state index contributed by atoms with van der Waals surface area (Å²) < 4.78 is 5.76. The molecule has 0 aliphatic carbocycles. The Morgan fingerprint density at radius 3 is 2.42 bits per heavy atom. The second-order valence-corrected chi connectivity index (χ2v) is 6.18. The molecule has 1 aromatic heterocycles. The number of nitrogens with zero attached hydrogens (tertiary/aromatic N) is 1. The molecule has 0 saturated heterocycles. The molecule has 0 unspecified atom stereocenters. The van der Waals surface area contributed by atoms with Crippen LogP contribution in [0.3, 0.4) is 0 Å². The average molecular weight is 363 g/mol. The number of rotatable bonds is 4. The van der Waals surface area contributed by atoms with Gasteiger partial charge in [-0.1, -0.05) is 29.8 Å². The standard InChI is InChI=1S/C21H15ClN2O2/c22-14-6-11-20-18(12-14)19(21(25)24-20)13-23-15-7-9-17(10-8-15)26-16-4-2-1-3-5-16/h1-13,24-25H. The molecule has 0 spiro atoms. The molecular formula is C21H15ClN2O2. The Balaban J connectivity index is 1.56. The van der Waals surface area contributed by atoms with Crippen LogP contribution < -0.4 is 4.74 Å². The van der Waals surface area contributed by atoms with Crippen LogP contribution in [-0.4, -0.2) is 16.3 Å². The second-order valence-electron chi connectivity index (χ2n) is 5.74. The van der Waals surface area contributed by atoms with Crippen LogP contribution in [0.4, 0.5) is 5.69 Å². The lowest BCUT2D eigenvalue weighted by molar-refractivity contribution is 0.457. The molecule has 1 heterocycles. The molecule has 128 valence electrons. The molecule has 5 heteroatoms. The summed E-state index contributed by atoms with van der Waals surface area (Å²) in [6.07, 6.45) is 1.62. The van der Waals surface area contributed by atoms with E-state index in [1.165, 1.54) is 0 Å². The quantitative estimate of drug-likeness (QED) is 0.433. The lowest BCUT2D eigenvalue weighted by Gasteiger charge is -2.05. The number of fused-ring (bicyclic) bond motifs is 1. The van der Waals surface area contributed by atoms with Gasteiger partial charge in [0.05, 0.1) is 11.3 Å². The number of aliphatic imine (C=N–C) groups is 1. The summed E-state index contributed by atoms with van der Waals surface area (Å²) in [6, 6.07) is 22.4. The number of para-hydroxylation sites is 1. The van der Waals surface area contributed by atoms with Crippen molar-refractivity contribution in [3.05, 3.63) is 83.4 Å². The molecule has 0 aliphatic rings. The Labute approximate surface area is 155 Å². The summed E-state index contributed by atoms with van der Waals surface area (Å²) in [7, 11) is 0. The van der Waals surface area contributed by atoms with Crippen LogP contribution >= 0.6 is 11.6 Å². The van der Waals surface area contributed by atoms with Crippen LogP contribution in [0.5, 0.6) is 17.4 Å². The van der Waals surface area contributed by atoms with Gasteiger partial charge in [0.1, 0.15) is 11.5 Å². The van der Waals surface area contributed by atoms with Crippen molar-refractivity contribution < 1.29 is 9.84 Å². The molecule has 2 N–H and O–H groups in total. The van der Waals surface area contributed by atoms with Crippen LogP contribution in [0.1, 0.15) is 5.56 Å². The van der Waals surface area contributed by atoms with E-state index >= 15 is 0 Å². The van der Waals surface area contributed by atoms with Gasteiger partial charge in [-0.2, -0.15) is 0 Å². The van der Waals surface area contributed by atoms with Crippen LogP contribution in [0.25, 0.3) is 10.9 Å². The van der Waals surface area contributed by atoms with Gasteiger partial charge in [0.2, 0.25) is 0 Å². The Hall–Kier alpha value is -3.24. The topological polar surface area (TPSA) is 57.6 Å². The van der Waals surface area contributed by atoms with Gasteiger partial charge in [-0.15, -0.1) is 0 Å². The molecule has 4 nitrogen and oxygen atoms in total. The summed E-state index contributed by atoms with van der Waals surface area (Å²) >= 11 is 6.05. The van der Waals surface area contributed by atoms with E-state index in [4.69, 9.17) is 16.3 Å². The van der Waals surface area contributed by atoms with Crippen molar-refractivity contribution in [3.8, 4) is 17.4 Å². The minimum absolute atomic E-state index is 0.0649. The molecule has 26 heavy (non-hydrogen) atoms. The predicted molar refractivity (Wildman–Crippen MR) is 105 cm³/mol. The fourth-order valence-corrected chi connectivity index (χ4v) is 2.84. The third kappa shape index (κ3) is 3.41. The highest BCUT2D eigenvalue weighted by Crippen LogP contribution is 2.29. The lowest BCUT2D eigenvalue weighted by atomic mass is 10.2. The summed E-state index contributed by atoms with van der Waals surface area (Å²) in [5, 5.41) is 11.5. The highest BCUT2D eigenvalue weighted by atomic mass is 35.5. The van der Waals surface area contributed by atoms with Gasteiger partial charge in [0, 0.05) is 22.1 Å². The molecule has 0 saturated carbocycles. The summed E-state index contributed by atoms with van der Waals surface area (Å²) in [4.78, 5) is 7.35. The number of H-pyrrole nitrogens is 1. The monoisotopic (exact) mass is 362 g/mol. The smallest absolute Gasteiger partial charge is 0.198 e. The maximum absolute atomic E-state index is 10.1. The fraction of sp³-hybridized carbons (Fsp3) is 0. The summed E-state index contributed by atoms with van der Waals surface area (Å²) in [6.45, 7) is 0. The van der Waals surface area contributed by atoms with Crippen LogP contribution in [0.2, 0.25) is 5.02 Å². The maximum Gasteiger partial charge on any atom is 0.198 e. The van der Waals surface area contributed by atoms with E-state index < -0.39 is 0 Å². The highest BCUT2D eigenvalue weighted by Gasteiger charge is 2.09. The van der Waals surface area contributed by atoms with Crippen molar-refractivity contribution in [2.24, 2.45) is 4.99 Å². The SMILES string of the molecule is Oc1[nH]c2ccc(Cl)cc2c1C=Nc1ccc(Oc2ccccc2)cc1. The summed E-state index contributed by atoms with van der Waals surface area (Å²) in [5.41, 5.74) is 2.16. The minimum atomic E-state index is 0.0649. The van der Waals surface area contributed by atoms with E-state index in [0.717, 1.165) is 28.1 Å². The normalized spacial score (nSPS) is 11.3. The first kappa shape index (κ1) is 16.2. The molecular weight excluding hydrogens is 348 g/mol. The zero-order valence-corrected chi connectivity index (χ0v) is 14.4. The van der Waals surface area contributed by atoms with Gasteiger partial charge in [-0.05, 0) is 54.6 Å². The van der Waals surface area contributed by atoms with Gasteiger partial charge >= 0.3 is 0 Å². The number of hydrogen-bond donors (Lipinski definition) is 2. The molecule has 0 aliphatic heterocycles. The van der Waals surface area contributed by atoms with Gasteiger partial charge in [-0.25, -0.2) is 0 Å². The Morgan fingerprint density at radius 2 is 1.65 bits per heavy atom. The molecule has 0 fully saturated rings. The van der Waals surface area contributed by atoms with Gasteiger partial charge < -0.3 is 14.8 Å². The van der Waals surface area contributed by atoms with Crippen molar-refractivity contribution in [1.82, 2.24) is 4.98 Å². The van der Waals surface area contributed by atoms with Crippen LogP contribution in [-0.2, 0) is 0 Å². The van der Waals surface area contributed by atoms with E-state index in [0.29, 0.717) is 10.6 Å². The zero-order valence-electron chi connectivity index (χ0n) is 13.7. The number of nitrogens with one attached hydrogen (secondary N) is 1. The third-order valence-corrected chi connectivity index (χ3v) is 4.17. The van der Waals surface area contributed by atoms with E-state index in [2.05, 4.69) is 9.98 Å². The molecule has 4 aromatic rings. The molecule has 0 radical (unpaired) electrons.